The summed E-state index contributed by atoms with van der Waals surface area (Å²) in [5.41, 5.74) is 0.423. The fraction of sp³-hybridized carbons (Fsp3) is 0.267. The van der Waals surface area contributed by atoms with Gasteiger partial charge in [-0.25, -0.2) is 9.18 Å². The zero-order valence-corrected chi connectivity index (χ0v) is 12.3. The number of anilines is 1. The molecular formula is C15H17FN2O4. The Bertz CT molecular complexity index is 569. The van der Waals surface area contributed by atoms with Gasteiger partial charge in [0.2, 0.25) is 5.91 Å². The van der Waals surface area contributed by atoms with Gasteiger partial charge in [-0.05, 0) is 31.2 Å². The SMILES string of the molecule is C/C=C/C(=O)OCC(=O)N(C)CC(=O)Nc1ccc(F)cc1. The Morgan fingerprint density at radius 1 is 1.27 bits per heavy atom. The highest BCUT2D eigenvalue weighted by atomic mass is 19.1. The van der Waals surface area contributed by atoms with Crippen molar-refractivity contribution in [1.82, 2.24) is 4.90 Å². The van der Waals surface area contributed by atoms with Gasteiger partial charge in [0.15, 0.2) is 6.61 Å². The lowest BCUT2D eigenvalue weighted by Crippen LogP contribution is -2.37. The first-order valence-corrected chi connectivity index (χ1v) is 6.51. The second kappa shape index (κ2) is 8.56. The predicted octanol–water partition coefficient (Wildman–Crippen LogP) is 1.34. The highest BCUT2D eigenvalue weighted by Crippen LogP contribution is 2.08. The Morgan fingerprint density at radius 2 is 1.91 bits per heavy atom. The maximum atomic E-state index is 12.7. The number of hydrogen-bond donors (Lipinski definition) is 1. The van der Waals surface area contributed by atoms with E-state index in [1.54, 1.807) is 6.92 Å². The zero-order chi connectivity index (χ0) is 16.5. The number of rotatable bonds is 6. The smallest absolute Gasteiger partial charge is 0.330 e. The molecule has 1 rings (SSSR count). The van der Waals surface area contributed by atoms with E-state index in [-0.39, 0.29) is 6.54 Å². The summed E-state index contributed by atoms with van der Waals surface area (Å²) in [4.78, 5) is 35.6. The first-order valence-electron chi connectivity index (χ1n) is 6.51. The van der Waals surface area contributed by atoms with Gasteiger partial charge in [0.05, 0.1) is 6.54 Å². The van der Waals surface area contributed by atoms with Gasteiger partial charge < -0.3 is 15.0 Å². The number of esters is 1. The van der Waals surface area contributed by atoms with E-state index in [1.165, 1.54) is 43.5 Å². The van der Waals surface area contributed by atoms with Crippen molar-refractivity contribution in [2.45, 2.75) is 6.92 Å². The van der Waals surface area contributed by atoms with Gasteiger partial charge in [-0.3, -0.25) is 9.59 Å². The molecule has 0 radical (unpaired) electrons. The van der Waals surface area contributed by atoms with Crippen LogP contribution < -0.4 is 5.32 Å². The minimum absolute atomic E-state index is 0.211. The molecule has 0 unspecified atom stereocenters. The minimum Gasteiger partial charge on any atom is -0.452 e. The quantitative estimate of drug-likeness (QED) is 0.635. The lowest BCUT2D eigenvalue weighted by molar-refractivity contribution is -0.148. The Balaban J connectivity index is 2.41. The molecule has 0 bridgehead atoms. The van der Waals surface area contributed by atoms with Gasteiger partial charge in [-0.15, -0.1) is 0 Å². The van der Waals surface area contributed by atoms with E-state index >= 15 is 0 Å². The number of likely N-dealkylation sites (N-methyl/N-ethyl adjacent to an activating group) is 1. The summed E-state index contributed by atoms with van der Waals surface area (Å²) in [6.45, 7) is 0.996. The van der Waals surface area contributed by atoms with Crippen LogP contribution in [0.2, 0.25) is 0 Å². The van der Waals surface area contributed by atoms with Gasteiger partial charge in [-0.2, -0.15) is 0 Å². The van der Waals surface area contributed by atoms with E-state index in [2.05, 4.69) is 10.1 Å². The molecule has 0 aliphatic heterocycles. The second-order valence-electron chi connectivity index (χ2n) is 4.41. The van der Waals surface area contributed by atoms with Crippen molar-refractivity contribution < 1.29 is 23.5 Å². The lowest BCUT2D eigenvalue weighted by atomic mass is 10.3. The third-order valence-corrected chi connectivity index (χ3v) is 2.58. The number of ether oxygens (including phenoxy) is 1. The van der Waals surface area contributed by atoms with Gasteiger partial charge in [0.25, 0.3) is 5.91 Å². The maximum absolute atomic E-state index is 12.7. The van der Waals surface area contributed by atoms with Crippen molar-refractivity contribution >= 4 is 23.5 Å². The summed E-state index contributed by atoms with van der Waals surface area (Å²) in [6.07, 6.45) is 2.68. The molecule has 0 saturated carbocycles. The van der Waals surface area contributed by atoms with Crippen LogP contribution >= 0.6 is 0 Å². The summed E-state index contributed by atoms with van der Waals surface area (Å²) >= 11 is 0. The summed E-state index contributed by atoms with van der Waals surface area (Å²) in [7, 11) is 1.41. The van der Waals surface area contributed by atoms with Crippen LogP contribution in [0.5, 0.6) is 0 Å². The largest absolute Gasteiger partial charge is 0.452 e. The van der Waals surface area contributed by atoms with Crippen LogP contribution in [0, 0.1) is 5.82 Å². The third kappa shape index (κ3) is 6.17. The number of amides is 2. The standard InChI is InChI=1S/C15H17FN2O4/c1-3-4-15(21)22-10-14(20)18(2)9-13(19)17-12-7-5-11(16)6-8-12/h3-8H,9-10H2,1-2H3,(H,17,19)/b4-3+. The highest BCUT2D eigenvalue weighted by Gasteiger charge is 2.14. The molecule has 6 nitrogen and oxygen atoms in total. The highest BCUT2D eigenvalue weighted by molar-refractivity contribution is 5.95. The Labute approximate surface area is 127 Å². The number of nitrogens with one attached hydrogen (secondary N) is 1. The number of carbonyl (C=O) groups excluding carboxylic acids is 3. The summed E-state index contributed by atoms with van der Waals surface area (Å²) in [6, 6.07) is 5.25. The average Bonchev–Trinajstić information content (AvgIpc) is 2.47. The molecular weight excluding hydrogens is 291 g/mol. The van der Waals surface area contributed by atoms with Gasteiger partial charge in [-0.1, -0.05) is 6.08 Å². The number of benzene rings is 1. The predicted molar refractivity (Wildman–Crippen MR) is 78.4 cm³/mol. The molecule has 0 aliphatic carbocycles. The van der Waals surface area contributed by atoms with E-state index < -0.39 is 30.2 Å². The van der Waals surface area contributed by atoms with Gasteiger partial charge in [0.1, 0.15) is 5.82 Å². The van der Waals surface area contributed by atoms with Gasteiger partial charge >= 0.3 is 5.97 Å². The number of nitrogens with zero attached hydrogens (tertiary/aromatic N) is 1. The first-order chi connectivity index (χ1) is 10.4. The van der Waals surface area contributed by atoms with Gasteiger partial charge in [0, 0.05) is 18.8 Å². The number of hydrogen-bond acceptors (Lipinski definition) is 4. The van der Waals surface area contributed by atoms with Crippen LogP contribution in [0.15, 0.2) is 36.4 Å². The van der Waals surface area contributed by atoms with Crippen LogP contribution in [0.3, 0.4) is 0 Å². The van der Waals surface area contributed by atoms with Crippen LogP contribution in [-0.4, -0.2) is 42.9 Å². The van der Waals surface area contributed by atoms with Crippen molar-refractivity contribution in [2.24, 2.45) is 0 Å². The topological polar surface area (TPSA) is 75.7 Å². The number of halogens is 1. The molecule has 118 valence electrons. The van der Waals surface area contributed by atoms with Crippen molar-refractivity contribution in [3.63, 3.8) is 0 Å². The zero-order valence-electron chi connectivity index (χ0n) is 12.3. The van der Waals surface area contributed by atoms with Crippen molar-refractivity contribution in [2.75, 3.05) is 25.5 Å². The Morgan fingerprint density at radius 3 is 2.50 bits per heavy atom. The summed E-state index contributed by atoms with van der Waals surface area (Å²) < 4.78 is 17.4. The second-order valence-corrected chi connectivity index (χ2v) is 4.41. The molecule has 0 aromatic heterocycles. The molecule has 2 amide bonds. The Kier molecular flexibility index (Phi) is 6.75. The van der Waals surface area contributed by atoms with E-state index in [0.717, 1.165) is 4.90 Å². The molecule has 1 N–H and O–H groups in total. The van der Waals surface area contributed by atoms with Crippen molar-refractivity contribution in [1.29, 1.82) is 0 Å². The Hall–Kier alpha value is -2.70. The molecule has 0 fully saturated rings. The van der Waals surface area contributed by atoms with E-state index in [0.29, 0.717) is 5.69 Å². The van der Waals surface area contributed by atoms with Crippen molar-refractivity contribution in [3.05, 3.63) is 42.2 Å². The fourth-order valence-corrected chi connectivity index (χ4v) is 1.46. The molecule has 0 atom stereocenters. The van der Waals surface area contributed by atoms with Crippen molar-refractivity contribution in [3.8, 4) is 0 Å². The molecule has 1 aromatic rings. The maximum Gasteiger partial charge on any atom is 0.330 e. The third-order valence-electron chi connectivity index (χ3n) is 2.58. The molecule has 1 aromatic carbocycles. The van der Waals surface area contributed by atoms with Crippen LogP contribution in [0.25, 0.3) is 0 Å². The summed E-state index contributed by atoms with van der Waals surface area (Å²) in [5.74, 6) is -1.98. The fourth-order valence-electron chi connectivity index (χ4n) is 1.46. The van der Waals surface area contributed by atoms with Crippen LogP contribution in [-0.2, 0) is 19.1 Å². The lowest BCUT2D eigenvalue weighted by Gasteiger charge is -2.16. The molecule has 7 heteroatoms. The minimum atomic E-state index is -0.625. The van der Waals surface area contributed by atoms with E-state index in [9.17, 15) is 18.8 Å². The van der Waals surface area contributed by atoms with E-state index in [1.807, 2.05) is 0 Å². The normalized spacial score (nSPS) is 10.3. The molecule has 0 heterocycles. The molecule has 0 saturated heterocycles. The monoisotopic (exact) mass is 308 g/mol. The molecule has 0 spiro atoms. The summed E-state index contributed by atoms with van der Waals surface area (Å²) in [5, 5.41) is 2.52. The van der Waals surface area contributed by atoms with Crippen LogP contribution in [0.1, 0.15) is 6.92 Å². The first kappa shape index (κ1) is 17.4. The average molecular weight is 308 g/mol. The number of carbonyl (C=O) groups is 3. The number of allylic oxidation sites excluding steroid dienone is 1. The van der Waals surface area contributed by atoms with E-state index in [4.69, 9.17) is 0 Å². The molecule has 22 heavy (non-hydrogen) atoms. The molecule has 0 aliphatic rings. The van der Waals surface area contributed by atoms with Crippen LogP contribution in [0.4, 0.5) is 10.1 Å².